The Morgan fingerprint density at radius 3 is 2.24 bits per heavy atom. The van der Waals surface area contributed by atoms with Crippen molar-refractivity contribution in [2.75, 3.05) is 52.6 Å². The number of amides is 3. The molecule has 2 saturated heterocycles. The van der Waals surface area contributed by atoms with Crippen molar-refractivity contribution in [3.05, 3.63) is 119 Å². The van der Waals surface area contributed by atoms with Gasteiger partial charge >= 0.3 is 0 Å². The van der Waals surface area contributed by atoms with Gasteiger partial charge in [0.25, 0.3) is 0 Å². The molecule has 0 saturated carbocycles. The van der Waals surface area contributed by atoms with Gasteiger partial charge < -0.3 is 49.6 Å². The van der Waals surface area contributed by atoms with E-state index in [1.165, 1.54) is 4.90 Å². The first-order chi connectivity index (χ1) is 34.1. The molecule has 15 nitrogen and oxygen atoms in total. The molecule has 2 aliphatic heterocycles. The molecular weight excluding hydrogens is 921 g/mol. The zero-order valence-electron chi connectivity index (χ0n) is 41.2. The summed E-state index contributed by atoms with van der Waals surface area (Å²) in [5, 5.41) is 37.5. The summed E-state index contributed by atoms with van der Waals surface area (Å²) in [5.41, 5.74) is 9.25. The molecule has 5 N–H and O–H groups in total. The number of aromatic nitrogens is 2. The molecule has 6 aromatic rings. The lowest BCUT2D eigenvalue weighted by Crippen LogP contribution is -2.58. The second kappa shape index (κ2) is 22.8. The number of thiazole rings is 1. The first kappa shape index (κ1) is 51.1. The molecule has 3 atom stereocenters. The molecule has 16 heteroatoms. The zero-order valence-corrected chi connectivity index (χ0v) is 42.0. The van der Waals surface area contributed by atoms with Crippen molar-refractivity contribution < 1.29 is 43.9 Å². The van der Waals surface area contributed by atoms with Gasteiger partial charge in [0.05, 0.1) is 47.2 Å². The fourth-order valence-corrected chi connectivity index (χ4v) is 10.4. The Morgan fingerprint density at radius 1 is 0.859 bits per heavy atom. The van der Waals surface area contributed by atoms with Crippen molar-refractivity contribution in [3.8, 4) is 38.9 Å². The van der Waals surface area contributed by atoms with Crippen LogP contribution in [0.4, 0.5) is 0 Å². The molecule has 0 bridgehead atoms. The van der Waals surface area contributed by atoms with E-state index < -0.39 is 35.4 Å². The van der Waals surface area contributed by atoms with E-state index in [9.17, 15) is 29.7 Å². The molecule has 0 radical (unpaired) electrons. The molecule has 376 valence electrons. The number of likely N-dealkylation sites (tertiary alicyclic amines) is 2. The summed E-state index contributed by atoms with van der Waals surface area (Å²) in [5.74, 6) is -0.0105. The van der Waals surface area contributed by atoms with Crippen LogP contribution in [0.3, 0.4) is 0 Å². The standard InChI is InChI=1S/C55H66N6O9S/c1-35-46-28-42(63)16-19-47(46)60(50(35)39-12-14-41(62)15-13-39)31-38-8-17-44(18-9-38)69-25-24-59-22-20-45(21-23-59)70-27-26-68-33-49(65)58-52(55(3,4)5)54(67)61-32-43(64)29-48(61)53(66)56-30-37-6-10-40(11-7-37)51-36(2)57-34-71-51/h6-19,28,34,43,45,48,52,62-64H,20-27,29-33H2,1-5H3,(H,56,66)(H,58,65)/t43-,48+,52-/m1/s1. The van der Waals surface area contributed by atoms with Gasteiger partial charge in [-0.15, -0.1) is 11.3 Å². The number of aryl methyl sites for hydroxylation is 2. The number of aliphatic hydroxyl groups excluding tert-OH is 1. The number of carbonyl (C=O) groups excluding carboxylic acids is 3. The minimum absolute atomic E-state index is 0.00724. The lowest BCUT2D eigenvalue weighted by molar-refractivity contribution is -0.144. The van der Waals surface area contributed by atoms with Gasteiger partial charge in [0.2, 0.25) is 17.7 Å². The number of benzene rings is 4. The van der Waals surface area contributed by atoms with Crippen molar-refractivity contribution in [1.29, 1.82) is 0 Å². The van der Waals surface area contributed by atoms with Gasteiger partial charge in [-0.25, -0.2) is 4.98 Å². The number of aliphatic hydroxyl groups is 1. The second-order valence-corrected chi connectivity index (χ2v) is 20.6. The summed E-state index contributed by atoms with van der Waals surface area (Å²) in [6.07, 6.45) is 1.06. The third-order valence-electron chi connectivity index (χ3n) is 13.4. The van der Waals surface area contributed by atoms with Crippen molar-refractivity contribution in [2.45, 2.75) is 91.3 Å². The smallest absolute Gasteiger partial charge is 0.246 e. The SMILES string of the molecule is Cc1ncsc1-c1ccc(CNC(=O)[C@@H]2C[C@@H](O)CN2C(=O)[C@@H](NC(=O)COCCOC2CCN(CCOc3ccc(Cn4c(-c5ccc(O)cc5)c(C)c5cc(O)ccc54)cc3)CC2)C(C)(C)C)cc1. The quantitative estimate of drug-likeness (QED) is 0.0517. The molecule has 8 rings (SSSR count). The highest BCUT2D eigenvalue weighted by molar-refractivity contribution is 7.13. The minimum atomic E-state index is -0.952. The van der Waals surface area contributed by atoms with Crippen molar-refractivity contribution in [3.63, 3.8) is 0 Å². The normalized spacial score (nSPS) is 17.1. The minimum Gasteiger partial charge on any atom is -0.508 e. The van der Waals surface area contributed by atoms with Gasteiger partial charge in [0.1, 0.15) is 42.5 Å². The average molecular weight is 987 g/mol. The summed E-state index contributed by atoms with van der Waals surface area (Å²) < 4.78 is 20.2. The third-order valence-corrected chi connectivity index (χ3v) is 14.4. The van der Waals surface area contributed by atoms with Crippen molar-refractivity contribution in [2.24, 2.45) is 5.41 Å². The van der Waals surface area contributed by atoms with Gasteiger partial charge in [-0.05, 0) is 115 Å². The predicted molar refractivity (Wildman–Crippen MR) is 274 cm³/mol. The van der Waals surface area contributed by atoms with Gasteiger partial charge in [0, 0.05) is 56.6 Å². The number of hydrogen-bond acceptors (Lipinski definition) is 12. The number of piperidine rings is 1. The zero-order chi connectivity index (χ0) is 50.2. The van der Waals surface area contributed by atoms with Crippen LogP contribution in [0.15, 0.2) is 96.5 Å². The van der Waals surface area contributed by atoms with Gasteiger partial charge in [-0.3, -0.25) is 19.3 Å². The number of hydrogen-bond donors (Lipinski definition) is 5. The summed E-state index contributed by atoms with van der Waals surface area (Å²) in [6.45, 7) is 13.8. The van der Waals surface area contributed by atoms with E-state index in [2.05, 4.69) is 44.1 Å². The van der Waals surface area contributed by atoms with Crippen LogP contribution in [0.1, 0.15) is 62.4 Å². The van der Waals surface area contributed by atoms with Gasteiger partial charge in [0.15, 0.2) is 0 Å². The lowest BCUT2D eigenvalue weighted by Gasteiger charge is -2.35. The van der Waals surface area contributed by atoms with Crippen molar-refractivity contribution in [1.82, 2.24) is 30.0 Å². The van der Waals surface area contributed by atoms with E-state index in [0.29, 0.717) is 19.8 Å². The van der Waals surface area contributed by atoms with Gasteiger partial charge in [-0.1, -0.05) is 57.2 Å². The molecule has 3 amide bonds. The number of phenolic OH excluding ortho intramolecular Hbond substituents is 2. The highest BCUT2D eigenvalue weighted by Gasteiger charge is 2.44. The van der Waals surface area contributed by atoms with Crippen LogP contribution in [0.2, 0.25) is 0 Å². The average Bonchev–Trinajstić information content (AvgIpc) is 4.05. The van der Waals surface area contributed by atoms with Gasteiger partial charge in [-0.2, -0.15) is 0 Å². The Balaban J connectivity index is 0.724. The number of nitrogens with one attached hydrogen (secondary N) is 2. The van der Waals surface area contributed by atoms with Crippen LogP contribution >= 0.6 is 11.3 Å². The number of fused-ring (bicyclic) bond motifs is 1. The fraction of sp³-hybridized carbons (Fsp3) is 0.418. The maximum atomic E-state index is 14.0. The number of nitrogens with zero attached hydrogens (tertiary/aromatic N) is 4. The summed E-state index contributed by atoms with van der Waals surface area (Å²) in [7, 11) is 0. The van der Waals surface area contributed by atoms with E-state index in [1.54, 1.807) is 35.6 Å². The summed E-state index contributed by atoms with van der Waals surface area (Å²) in [4.78, 5) is 49.8. The molecule has 0 unspecified atom stereocenters. The Kier molecular flexibility index (Phi) is 16.4. The number of β-amino-alcohol motifs (C(OH)–C–C–N with tert-alkyl or cyclic N) is 1. The first-order valence-corrected chi connectivity index (χ1v) is 25.3. The van der Waals surface area contributed by atoms with Crippen LogP contribution in [-0.4, -0.2) is 129 Å². The first-order valence-electron chi connectivity index (χ1n) is 24.4. The lowest BCUT2D eigenvalue weighted by atomic mass is 9.85. The molecule has 4 heterocycles. The molecule has 4 aromatic carbocycles. The van der Waals surface area contributed by atoms with E-state index in [-0.39, 0.29) is 56.2 Å². The molecule has 0 aliphatic carbocycles. The van der Waals surface area contributed by atoms with Crippen molar-refractivity contribution >= 4 is 40.0 Å². The highest BCUT2D eigenvalue weighted by atomic mass is 32.1. The number of phenols is 2. The maximum Gasteiger partial charge on any atom is 0.246 e. The molecular formula is C55H66N6O9S. The Labute approximate surface area is 419 Å². The van der Waals surface area contributed by atoms with E-state index in [1.807, 2.05) is 87.8 Å². The van der Waals surface area contributed by atoms with E-state index >= 15 is 0 Å². The Hall–Kier alpha value is -6.30. The Morgan fingerprint density at radius 2 is 1.55 bits per heavy atom. The molecule has 71 heavy (non-hydrogen) atoms. The monoisotopic (exact) mass is 986 g/mol. The van der Waals surface area contributed by atoms with Crippen LogP contribution < -0.4 is 15.4 Å². The molecule has 2 aromatic heterocycles. The Bertz CT molecular complexity index is 2760. The predicted octanol–water partition coefficient (Wildman–Crippen LogP) is 7.19. The number of carbonyl (C=O) groups is 3. The summed E-state index contributed by atoms with van der Waals surface area (Å²) >= 11 is 1.58. The largest absolute Gasteiger partial charge is 0.508 e. The van der Waals surface area contributed by atoms with Crippen LogP contribution in [0, 0.1) is 19.3 Å². The fourth-order valence-electron chi connectivity index (χ4n) is 9.55. The maximum absolute atomic E-state index is 14.0. The van der Waals surface area contributed by atoms with E-state index in [0.717, 1.165) is 93.2 Å². The van der Waals surface area contributed by atoms with Crippen LogP contribution in [0.5, 0.6) is 17.2 Å². The molecule has 2 aliphatic rings. The van der Waals surface area contributed by atoms with Crippen LogP contribution in [0.25, 0.3) is 32.6 Å². The third kappa shape index (κ3) is 12.8. The van der Waals surface area contributed by atoms with E-state index in [4.69, 9.17) is 14.2 Å². The highest BCUT2D eigenvalue weighted by Crippen LogP contribution is 2.37. The molecule has 0 spiro atoms. The topological polar surface area (TPSA) is 188 Å². The second-order valence-electron chi connectivity index (χ2n) is 19.7. The number of aromatic hydroxyl groups is 2. The van der Waals surface area contributed by atoms with Crippen LogP contribution in [-0.2, 0) is 36.9 Å². The molecule has 2 fully saturated rings. The number of rotatable bonds is 19. The summed E-state index contributed by atoms with van der Waals surface area (Å²) in [6, 6.07) is 26.9. The number of ether oxygens (including phenoxy) is 3.